The first-order valence-corrected chi connectivity index (χ1v) is 18.7. The van der Waals surface area contributed by atoms with Gasteiger partial charge in [-0.05, 0) is 96.3 Å². The normalized spacial score (nSPS) is 14.5. The van der Waals surface area contributed by atoms with Gasteiger partial charge in [0.2, 0.25) is 10.0 Å². The number of benzene rings is 3. The van der Waals surface area contributed by atoms with E-state index in [1.165, 1.54) is 26.4 Å². The second-order valence-corrected chi connectivity index (χ2v) is 14.8. The van der Waals surface area contributed by atoms with Gasteiger partial charge in [0.05, 0.1) is 19.1 Å². The predicted octanol–water partition coefficient (Wildman–Crippen LogP) is 6.86. The zero-order valence-electron chi connectivity index (χ0n) is 27.3. The van der Waals surface area contributed by atoms with Crippen LogP contribution in [0.5, 0.6) is 5.75 Å². The van der Waals surface area contributed by atoms with Gasteiger partial charge >= 0.3 is 5.97 Å². The quantitative estimate of drug-likeness (QED) is 0.177. The summed E-state index contributed by atoms with van der Waals surface area (Å²) in [5, 5.41) is 2.88. The van der Waals surface area contributed by atoms with E-state index in [2.05, 4.69) is 5.32 Å². The van der Waals surface area contributed by atoms with E-state index < -0.39 is 22.0 Å². The molecule has 1 fully saturated rings. The molecule has 0 spiro atoms. The maximum Gasteiger partial charge on any atom is 0.328 e. The Balaban J connectivity index is 1.70. The van der Waals surface area contributed by atoms with E-state index in [1.807, 2.05) is 49.6 Å². The number of methoxy groups -OCH3 is 2. The van der Waals surface area contributed by atoms with Crippen LogP contribution in [0.25, 0.3) is 11.1 Å². The minimum Gasteiger partial charge on any atom is -0.497 e. The Morgan fingerprint density at radius 3 is 2.35 bits per heavy atom. The number of rotatable bonds is 15. The topological polar surface area (TPSA) is 102 Å². The summed E-state index contributed by atoms with van der Waals surface area (Å²) in [6.07, 6.45) is 9.05. The first-order valence-electron chi connectivity index (χ1n) is 15.9. The van der Waals surface area contributed by atoms with Crippen molar-refractivity contribution in [3.05, 3.63) is 83.4 Å². The van der Waals surface area contributed by atoms with Gasteiger partial charge in [0.15, 0.2) is 0 Å². The Kier molecular flexibility index (Phi) is 13.1. The van der Waals surface area contributed by atoms with E-state index in [0.29, 0.717) is 41.5 Å². The van der Waals surface area contributed by atoms with Crippen molar-refractivity contribution in [3.8, 4) is 16.9 Å². The SMILES string of the molecule is COC(=O)[C@H](CCSC)NC(=O)c1ccc(CN(CCC2CCCCC2)S(=O)(=O)c2ccc(OC)cc2)cc1-c1ccccc1C. The molecule has 1 atom stereocenters. The fourth-order valence-electron chi connectivity index (χ4n) is 6.04. The molecule has 3 aromatic carbocycles. The smallest absolute Gasteiger partial charge is 0.328 e. The molecule has 0 unspecified atom stereocenters. The molecule has 3 aromatic rings. The Labute approximate surface area is 278 Å². The molecule has 0 saturated heterocycles. The second kappa shape index (κ2) is 17.0. The fourth-order valence-corrected chi connectivity index (χ4v) is 7.95. The Morgan fingerprint density at radius 2 is 1.70 bits per heavy atom. The van der Waals surface area contributed by atoms with Gasteiger partial charge in [-0.25, -0.2) is 13.2 Å². The fraction of sp³-hybridized carbons (Fsp3) is 0.444. The molecule has 0 radical (unpaired) electrons. The molecule has 1 aliphatic rings. The lowest BCUT2D eigenvalue weighted by molar-refractivity contribution is -0.142. The van der Waals surface area contributed by atoms with Crippen molar-refractivity contribution in [2.45, 2.75) is 69.4 Å². The van der Waals surface area contributed by atoms with Crippen LogP contribution in [-0.2, 0) is 26.1 Å². The van der Waals surface area contributed by atoms with Crippen molar-refractivity contribution >= 4 is 33.7 Å². The maximum atomic E-state index is 14.1. The third-order valence-electron chi connectivity index (χ3n) is 8.73. The largest absolute Gasteiger partial charge is 0.497 e. The molecule has 1 aliphatic carbocycles. The highest BCUT2D eigenvalue weighted by molar-refractivity contribution is 7.98. The lowest BCUT2D eigenvalue weighted by Gasteiger charge is -2.27. The van der Waals surface area contributed by atoms with Crippen molar-refractivity contribution in [2.75, 3.05) is 32.8 Å². The number of nitrogens with one attached hydrogen (secondary N) is 1. The highest BCUT2D eigenvalue weighted by atomic mass is 32.2. The summed E-state index contributed by atoms with van der Waals surface area (Å²) >= 11 is 1.59. The number of esters is 1. The third kappa shape index (κ3) is 9.14. The minimum atomic E-state index is -3.83. The van der Waals surface area contributed by atoms with E-state index in [0.717, 1.165) is 36.0 Å². The van der Waals surface area contributed by atoms with Crippen LogP contribution in [0.1, 0.15) is 66.4 Å². The van der Waals surface area contributed by atoms with Crippen LogP contribution >= 0.6 is 11.8 Å². The van der Waals surface area contributed by atoms with Gasteiger partial charge in [0.25, 0.3) is 5.91 Å². The van der Waals surface area contributed by atoms with Gasteiger partial charge < -0.3 is 14.8 Å². The molecule has 8 nitrogen and oxygen atoms in total. The van der Waals surface area contributed by atoms with Gasteiger partial charge in [0.1, 0.15) is 11.8 Å². The molecule has 0 bridgehead atoms. The highest BCUT2D eigenvalue weighted by Gasteiger charge is 2.28. The zero-order valence-corrected chi connectivity index (χ0v) is 28.9. The molecule has 10 heteroatoms. The van der Waals surface area contributed by atoms with E-state index in [1.54, 1.807) is 53.5 Å². The molecule has 1 N–H and O–H groups in total. The number of aryl methyl sites for hydroxylation is 1. The van der Waals surface area contributed by atoms with E-state index in [9.17, 15) is 18.0 Å². The van der Waals surface area contributed by atoms with Crippen molar-refractivity contribution in [3.63, 3.8) is 0 Å². The van der Waals surface area contributed by atoms with Crippen molar-refractivity contribution < 1.29 is 27.5 Å². The highest BCUT2D eigenvalue weighted by Crippen LogP contribution is 2.31. The Bertz CT molecular complexity index is 1570. The van der Waals surface area contributed by atoms with E-state index in [-0.39, 0.29) is 17.3 Å². The van der Waals surface area contributed by atoms with Gasteiger partial charge in [-0.15, -0.1) is 0 Å². The maximum absolute atomic E-state index is 14.1. The summed E-state index contributed by atoms with van der Waals surface area (Å²) in [7, 11) is -0.964. The summed E-state index contributed by atoms with van der Waals surface area (Å²) in [5.74, 6) is 0.899. The number of thioether (sulfide) groups is 1. The first kappa shape index (κ1) is 35.5. The molecule has 0 heterocycles. The van der Waals surface area contributed by atoms with Crippen molar-refractivity contribution in [1.82, 2.24) is 9.62 Å². The lowest BCUT2D eigenvalue weighted by Crippen LogP contribution is -2.42. The van der Waals surface area contributed by atoms with Crippen LogP contribution in [0.2, 0.25) is 0 Å². The zero-order chi connectivity index (χ0) is 33.1. The molecular weight excluding hydrogens is 621 g/mol. The van der Waals surface area contributed by atoms with Gasteiger partial charge in [0, 0.05) is 18.7 Å². The van der Waals surface area contributed by atoms with Crippen LogP contribution in [0.4, 0.5) is 0 Å². The molecule has 1 saturated carbocycles. The molecule has 4 rings (SSSR count). The number of hydrogen-bond acceptors (Lipinski definition) is 7. The van der Waals surface area contributed by atoms with Gasteiger partial charge in [-0.1, -0.05) is 62.4 Å². The van der Waals surface area contributed by atoms with Crippen LogP contribution in [-0.4, -0.2) is 63.4 Å². The number of carbonyl (C=O) groups is 2. The van der Waals surface area contributed by atoms with Gasteiger partial charge in [-0.2, -0.15) is 16.1 Å². The summed E-state index contributed by atoms with van der Waals surface area (Å²) < 4.78 is 39.9. The molecule has 1 amide bonds. The number of sulfonamides is 1. The van der Waals surface area contributed by atoms with Crippen LogP contribution in [0.3, 0.4) is 0 Å². The molecule has 46 heavy (non-hydrogen) atoms. The standard InChI is InChI=1S/C36H46N2O6S2/c1-26-10-8-9-13-31(26)33-24-28(14-19-32(33)35(39)37-34(21-23-45-4)36(40)44-3)25-38(22-20-27-11-6-5-7-12-27)46(41,42)30-17-15-29(43-2)16-18-30/h8-10,13-19,24,27,34H,5-7,11-12,20-23,25H2,1-4H3,(H,37,39)/t34-/m0/s1. The predicted molar refractivity (Wildman–Crippen MR) is 185 cm³/mol. The molecule has 248 valence electrons. The number of carbonyl (C=O) groups excluding carboxylic acids is 2. The summed E-state index contributed by atoms with van der Waals surface area (Å²) in [4.78, 5) is 26.4. The average Bonchev–Trinajstić information content (AvgIpc) is 3.08. The van der Waals surface area contributed by atoms with Crippen LogP contribution in [0, 0.1) is 12.8 Å². The summed E-state index contributed by atoms with van der Waals surface area (Å²) in [6.45, 7) is 2.53. The number of hydrogen-bond donors (Lipinski definition) is 1. The van der Waals surface area contributed by atoms with Crippen molar-refractivity contribution in [2.24, 2.45) is 5.92 Å². The van der Waals surface area contributed by atoms with Crippen LogP contribution < -0.4 is 10.1 Å². The summed E-state index contributed by atoms with van der Waals surface area (Å²) in [6, 6.07) is 18.9. The van der Waals surface area contributed by atoms with Crippen molar-refractivity contribution in [1.29, 1.82) is 0 Å². The lowest BCUT2D eigenvalue weighted by atomic mass is 9.87. The number of amides is 1. The molecular formula is C36H46N2O6S2. The van der Waals surface area contributed by atoms with E-state index in [4.69, 9.17) is 9.47 Å². The van der Waals surface area contributed by atoms with E-state index >= 15 is 0 Å². The summed E-state index contributed by atoms with van der Waals surface area (Å²) in [5.41, 5.74) is 3.68. The third-order valence-corrected chi connectivity index (χ3v) is 11.2. The average molecular weight is 667 g/mol. The Morgan fingerprint density at radius 1 is 0.978 bits per heavy atom. The van der Waals surface area contributed by atoms with Crippen LogP contribution in [0.15, 0.2) is 71.6 Å². The molecule has 0 aliphatic heterocycles. The second-order valence-electron chi connectivity index (χ2n) is 11.8. The van der Waals surface area contributed by atoms with Gasteiger partial charge in [-0.3, -0.25) is 4.79 Å². The Hall–Kier alpha value is -3.34. The minimum absolute atomic E-state index is 0.153. The number of ether oxygens (including phenoxy) is 2. The monoisotopic (exact) mass is 666 g/mol. The first-order chi connectivity index (χ1) is 22.2. The number of nitrogens with zero attached hydrogens (tertiary/aromatic N) is 1. The molecule has 0 aromatic heterocycles.